The number of allylic oxidation sites excluding steroid dienone is 4. The second kappa shape index (κ2) is 9.06. The fraction of sp³-hybridized carbons (Fsp3) is 0.167. The molecule has 0 aliphatic rings. The van der Waals surface area contributed by atoms with Gasteiger partial charge in [0.25, 0.3) is 0 Å². The molecule has 5 nitrogen and oxygen atoms in total. The smallest absolute Gasteiger partial charge is 0.319 e. The van der Waals surface area contributed by atoms with E-state index in [9.17, 15) is 4.79 Å². The van der Waals surface area contributed by atoms with E-state index in [0.29, 0.717) is 12.2 Å². The molecular weight excluding hydrogens is 360 g/mol. The van der Waals surface area contributed by atoms with Crippen LogP contribution in [0.4, 0.5) is 4.79 Å². The zero-order valence-corrected chi connectivity index (χ0v) is 17.1. The standard InChI is InChI=1S/C24H26N4O/c1-17(2)6-5-7-19(4)27-24(29)26-15-20-8-10-21(11-9-20)22-16-25-23-14-18(3)12-13-28(22)23/h5-14,16H,4,15H2,1-3H3,(H2,26,27,29)/b7-5-. The van der Waals surface area contributed by atoms with Crippen molar-refractivity contribution in [1.82, 2.24) is 20.0 Å². The van der Waals surface area contributed by atoms with E-state index in [0.717, 1.165) is 22.5 Å². The number of aromatic nitrogens is 2. The number of hydrogen-bond donors (Lipinski definition) is 2. The summed E-state index contributed by atoms with van der Waals surface area (Å²) in [5.41, 5.74) is 6.97. The Morgan fingerprint density at radius 3 is 2.69 bits per heavy atom. The number of rotatable bonds is 6. The Morgan fingerprint density at radius 2 is 1.97 bits per heavy atom. The van der Waals surface area contributed by atoms with Crippen molar-refractivity contribution in [3.8, 4) is 11.3 Å². The molecule has 2 amide bonds. The Kier molecular flexibility index (Phi) is 6.29. The summed E-state index contributed by atoms with van der Waals surface area (Å²) >= 11 is 0. The summed E-state index contributed by atoms with van der Waals surface area (Å²) in [6.07, 6.45) is 9.49. The number of fused-ring (bicyclic) bond motifs is 1. The summed E-state index contributed by atoms with van der Waals surface area (Å²) < 4.78 is 2.07. The van der Waals surface area contributed by atoms with Gasteiger partial charge in [0.2, 0.25) is 0 Å². The van der Waals surface area contributed by atoms with Gasteiger partial charge >= 0.3 is 6.03 Å². The van der Waals surface area contributed by atoms with Crippen LogP contribution in [0.5, 0.6) is 0 Å². The number of nitrogens with zero attached hydrogens (tertiary/aromatic N) is 2. The van der Waals surface area contributed by atoms with E-state index in [1.165, 1.54) is 11.1 Å². The monoisotopic (exact) mass is 386 g/mol. The van der Waals surface area contributed by atoms with Crippen LogP contribution in [0.15, 0.2) is 84.9 Å². The first-order valence-corrected chi connectivity index (χ1v) is 9.51. The maximum atomic E-state index is 12.0. The molecule has 0 bridgehead atoms. The number of nitrogens with one attached hydrogen (secondary N) is 2. The fourth-order valence-electron chi connectivity index (χ4n) is 2.86. The first kappa shape index (κ1) is 20.1. The molecule has 2 aromatic heterocycles. The zero-order valence-electron chi connectivity index (χ0n) is 17.1. The van der Waals surface area contributed by atoms with Gasteiger partial charge in [-0.25, -0.2) is 9.78 Å². The highest BCUT2D eigenvalue weighted by Crippen LogP contribution is 2.21. The predicted molar refractivity (Wildman–Crippen MR) is 118 cm³/mol. The SMILES string of the molecule is C=C(/C=C\C=C(C)C)NC(=O)NCc1ccc(-c2cnc3cc(C)ccn23)cc1. The molecule has 1 aromatic carbocycles. The van der Waals surface area contributed by atoms with Gasteiger partial charge in [-0.15, -0.1) is 0 Å². The third-order valence-corrected chi connectivity index (χ3v) is 4.37. The largest absolute Gasteiger partial charge is 0.334 e. The van der Waals surface area contributed by atoms with Crippen LogP contribution in [0, 0.1) is 6.92 Å². The molecule has 2 N–H and O–H groups in total. The molecular formula is C24H26N4O. The summed E-state index contributed by atoms with van der Waals surface area (Å²) in [6.45, 7) is 10.3. The molecule has 0 spiro atoms. The second-order valence-electron chi connectivity index (χ2n) is 7.21. The van der Waals surface area contributed by atoms with Crippen LogP contribution >= 0.6 is 0 Å². The molecule has 0 aliphatic heterocycles. The van der Waals surface area contributed by atoms with E-state index < -0.39 is 0 Å². The molecule has 3 rings (SSSR count). The van der Waals surface area contributed by atoms with Crippen molar-refractivity contribution < 1.29 is 4.79 Å². The lowest BCUT2D eigenvalue weighted by atomic mass is 10.1. The average Bonchev–Trinajstić information content (AvgIpc) is 3.09. The molecule has 0 fully saturated rings. The van der Waals surface area contributed by atoms with E-state index >= 15 is 0 Å². The fourth-order valence-corrected chi connectivity index (χ4v) is 2.86. The highest BCUT2D eigenvalue weighted by molar-refractivity contribution is 5.76. The normalized spacial score (nSPS) is 10.9. The molecule has 0 saturated carbocycles. The highest BCUT2D eigenvalue weighted by Gasteiger charge is 2.06. The van der Waals surface area contributed by atoms with Crippen molar-refractivity contribution >= 4 is 11.7 Å². The van der Waals surface area contributed by atoms with Gasteiger partial charge in [-0.3, -0.25) is 4.40 Å². The first-order valence-electron chi connectivity index (χ1n) is 9.51. The number of carbonyl (C=O) groups excluding carboxylic acids is 1. The number of carbonyl (C=O) groups is 1. The molecule has 3 aromatic rings. The van der Waals surface area contributed by atoms with Gasteiger partial charge in [0, 0.05) is 24.0 Å². The molecule has 5 heteroatoms. The Bertz CT molecular complexity index is 1080. The summed E-state index contributed by atoms with van der Waals surface area (Å²) in [6, 6.07) is 11.9. The van der Waals surface area contributed by atoms with Gasteiger partial charge in [-0.1, -0.05) is 48.6 Å². The van der Waals surface area contributed by atoms with E-state index in [4.69, 9.17) is 0 Å². The van der Waals surface area contributed by atoms with Crippen LogP contribution in [-0.2, 0) is 6.54 Å². The van der Waals surface area contributed by atoms with Crippen molar-refractivity contribution in [2.45, 2.75) is 27.3 Å². The highest BCUT2D eigenvalue weighted by atomic mass is 16.2. The van der Waals surface area contributed by atoms with Crippen molar-refractivity contribution in [3.05, 3.63) is 96.0 Å². The third-order valence-electron chi connectivity index (χ3n) is 4.37. The van der Waals surface area contributed by atoms with Gasteiger partial charge in [0.1, 0.15) is 5.65 Å². The van der Waals surface area contributed by atoms with Crippen LogP contribution in [-0.4, -0.2) is 15.4 Å². The van der Waals surface area contributed by atoms with Gasteiger partial charge in [0.15, 0.2) is 0 Å². The molecule has 29 heavy (non-hydrogen) atoms. The number of pyridine rings is 1. The Hall–Kier alpha value is -3.60. The molecule has 0 atom stereocenters. The molecule has 0 unspecified atom stereocenters. The van der Waals surface area contributed by atoms with Gasteiger partial charge < -0.3 is 10.6 Å². The summed E-state index contributed by atoms with van der Waals surface area (Å²) in [7, 11) is 0. The summed E-state index contributed by atoms with van der Waals surface area (Å²) in [4.78, 5) is 16.5. The van der Waals surface area contributed by atoms with Crippen LogP contribution in [0.3, 0.4) is 0 Å². The topological polar surface area (TPSA) is 58.4 Å². The Labute approximate surface area is 171 Å². The number of aryl methyl sites for hydroxylation is 1. The van der Waals surface area contributed by atoms with Crippen molar-refractivity contribution in [3.63, 3.8) is 0 Å². The van der Waals surface area contributed by atoms with Crippen LogP contribution < -0.4 is 10.6 Å². The molecule has 148 valence electrons. The van der Waals surface area contributed by atoms with Crippen molar-refractivity contribution in [2.75, 3.05) is 0 Å². The van der Waals surface area contributed by atoms with Crippen molar-refractivity contribution in [1.29, 1.82) is 0 Å². The Morgan fingerprint density at radius 1 is 1.21 bits per heavy atom. The first-order chi connectivity index (χ1) is 13.9. The van der Waals surface area contributed by atoms with Crippen LogP contribution in [0.25, 0.3) is 16.9 Å². The lowest BCUT2D eigenvalue weighted by molar-refractivity contribution is 0.243. The maximum absolute atomic E-state index is 12.0. The lowest BCUT2D eigenvalue weighted by Gasteiger charge is -2.08. The van der Waals surface area contributed by atoms with Crippen LogP contribution in [0.1, 0.15) is 25.0 Å². The minimum absolute atomic E-state index is 0.280. The minimum atomic E-state index is -0.280. The lowest BCUT2D eigenvalue weighted by Crippen LogP contribution is -2.33. The summed E-state index contributed by atoms with van der Waals surface area (Å²) in [5, 5.41) is 5.55. The Balaban J connectivity index is 1.58. The van der Waals surface area contributed by atoms with E-state index in [1.54, 1.807) is 6.08 Å². The summed E-state index contributed by atoms with van der Waals surface area (Å²) in [5.74, 6) is 0. The molecule has 0 saturated heterocycles. The number of amides is 2. The number of benzene rings is 1. The van der Waals surface area contributed by atoms with Gasteiger partial charge in [-0.2, -0.15) is 0 Å². The average molecular weight is 386 g/mol. The third kappa shape index (κ3) is 5.45. The number of hydrogen-bond acceptors (Lipinski definition) is 2. The molecule has 0 radical (unpaired) electrons. The second-order valence-corrected chi connectivity index (χ2v) is 7.21. The maximum Gasteiger partial charge on any atom is 0.319 e. The zero-order chi connectivity index (χ0) is 20.8. The van der Waals surface area contributed by atoms with Gasteiger partial charge in [0.05, 0.1) is 11.9 Å². The number of imidazole rings is 1. The quantitative estimate of drug-likeness (QED) is 0.576. The molecule has 0 aliphatic carbocycles. The van der Waals surface area contributed by atoms with E-state index in [1.807, 2.05) is 62.7 Å². The predicted octanol–water partition coefficient (Wildman–Crippen LogP) is 5.15. The van der Waals surface area contributed by atoms with Gasteiger partial charge in [-0.05, 0) is 50.1 Å². The number of urea groups is 1. The van der Waals surface area contributed by atoms with Crippen LogP contribution in [0.2, 0.25) is 0 Å². The van der Waals surface area contributed by atoms with Crippen molar-refractivity contribution in [2.24, 2.45) is 0 Å². The van der Waals surface area contributed by atoms with E-state index in [2.05, 4.69) is 45.7 Å². The van der Waals surface area contributed by atoms with E-state index in [-0.39, 0.29) is 6.03 Å². The minimum Gasteiger partial charge on any atom is -0.334 e. The molecule has 2 heterocycles.